The summed E-state index contributed by atoms with van der Waals surface area (Å²) in [5.74, 6) is -2.16. The zero-order valence-electron chi connectivity index (χ0n) is 16.0. The van der Waals surface area contributed by atoms with E-state index in [1.165, 1.54) is 48.5 Å². The summed E-state index contributed by atoms with van der Waals surface area (Å²) in [6.45, 7) is 3.48. The molecule has 0 aliphatic heterocycles. The second-order valence-corrected chi connectivity index (χ2v) is 6.62. The third-order valence-corrected chi connectivity index (χ3v) is 4.46. The first-order chi connectivity index (χ1) is 13.8. The average molecular weight is 404 g/mol. The molecule has 0 N–H and O–H groups in total. The standard InChI is InChI=1S/C23H20F4O2/c1-3-17-8-13-20(22(25)21(17)24)28-14-16-6-9-18(10-7-16)23(26,27)29-19-11-4-15(2)5-12-19/h4-13H,3,14H2,1-2H3. The van der Waals surface area contributed by atoms with E-state index in [-0.39, 0.29) is 29.2 Å². The molecule has 2 nitrogen and oxygen atoms in total. The Hall–Kier alpha value is -3.02. The molecule has 0 radical (unpaired) electrons. The van der Waals surface area contributed by atoms with E-state index in [4.69, 9.17) is 9.47 Å². The molecule has 0 saturated carbocycles. The first-order valence-corrected chi connectivity index (χ1v) is 9.12. The molecular weight excluding hydrogens is 384 g/mol. The van der Waals surface area contributed by atoms with Crippen LogP contribution in [0.5, 0.6) is 11.5 Å². The molecule has 0 aliphatic carbocycles. The summed E-state index contributed by atoms with van der Waals surface area (Å²) in [5, 5.41) is 0. The Morgan fingerprint density at radius 3 is 2.10 bits per heavy atom. The first-order valence-electron chi connectivity index (χ1n) is 9.12. The predicted octanol–water partition coefficient (Wildman–Crippen LogP) is 6.54. The van der Waals surface area contributed by atoms with E-state index < -0.39 is 17.7 Å². The number of halogens is 4. The van der Waals surface area contributed by atoms with Crippen LogP contribution < -0.4 is 9.47 Å². The molecule has 0 saturated heterocycles. The van der Waals surface area contributed by atoms with Gasteiger partial charge in [0.05, 0.1) is 5.56 Å². The third kappa shape index (κ3) is 4.88. The van der Waals surface area contributed by atoms with Crippen molar-refractivity contribution in [3.8, 4) is 11.5 Å². The Morgan fingerprint density at radius 1 is 0.828 bits per heavy atom. The highest BCUT2D eigenvalue weighted by molar-refractivity contribution is 5.32. The van der Waals surface area contributed by atoms with Gasteiger partial charge >= 0.3 is 6.11 Å². The lowest BCUT2D eigenvalue weighted by Gasteiger charge is -2.18. The number of alkyl halides is 2. The van der Waals surface area contributed by atoms with Crippen molar-refractivity contribution in [2.75, 3.05) is 0 Å². The van der Waals surface area contributed by atoms with Gasteiger partial charge in [-0.25, -0.2) is 4.39 Å². The summed E-state index contributed by atoms with van der Waals surface area (Å²) < 4.78 is 66.6. The van der Waals surface area contributed by atoms with Gasteiger partial charge in [0.2, 0.25) is 5.82 Å². The molecule has 0 aromatic heterocycles. The van der Waals surface area contributed by atoms with Crippen LogP contribution in [0.3, 0.4) is 0 Å². The van der Waals surface area contributed by atoms with Crippen LogP contribution in [0.15, 0.2) is 60.7 Å². The molecule has 152 valence electrons. The van der Waals surface area contributed by atoms with Gasteiger partial charge in [0.1, 0.15) is 12.4 Å². The maximum Gasteiger partial charge on any atom is 0.426 e. The smallest absolute Gasteiger partial charge is 0.426 e. The van der Waals surface area contributed by atoms with Crippen LogP contribution in [0, 0.1) is 18.6 Å². The van der Waals surface area contributed by atoms with Crippen molar-refractivity contribution in [1.82, 2.24) is 0 Å². The van der Waals surface area contributed by atoms with Crippen molar-refractivity contribution >= 4 is 0 Å². The Labute approximate surface area is 166 Å². The van der Waals surface area contributed by atoms with Crippen molar-refractivity contribution < 1.29 is 27.0 Å². The van der Waals surface area contributed by atoms with Gasteiger partial charge in [0.25, 0.3) is 0 Å². The van der Waals surface area contributed by atoms with Crippen LogP contribution >= 0.6 is 0 Å². The normalized spacial score (nSPS) is 11.4. The van der Waals surface area contributed by atoms with Gasteiger partial charge in [-0.1, -0.05) is 42.8 Å². The average Bonchev–Trinajstić information content (AvgIpc) is 2.71. The summed E-state index contributed by atoms with van der Waals surface area (Å²) in [5.41, 5.74) is 1.39. The molecule has 6 heteroatoms. The molecule has 0 aliphatic rings. The van der Waals surface area contributed by atoms with Gasteiger partial charge in [-0.15, -0.1) is 0 Å². The summed E-state index contributed by atoms with van der Waals surface area (Å²) in [6.07, 6.45) is -3.15. The number of hydrogen-bond acceptors (Lipinski definition) is 2. The van der Waals surface area contributed by atoms with Crippen molar-refractivity contribution in [2.45, 2.75) is 33.0 Å². The molecule has 3 aromatic carbocycles. The second kappa shape index (κ2) is 8.55. The summed E-state index contributed by atoms with van der Waals surface area (Å²) in [7, 11) is 0. The summed E-state index contributed by atoms with van der Waals surface area (Å²) in [4.78, 5) is 0. The van der Waals surface area contributed by atoms with Crippen molar-refractivity contribution in [2.24, 2.45) is 0 Å². The number of hydrogen-bond donors (Lipinski definition) is 0. The zero-order chi connectivity index (χ0) is 21.0. The topological polar surface area (TPSA) is 18.5 Å². The molecule has 3 aromatic rings. The molecule has 0 atom stereocenters. The molecule has 0 bridgehead atoms. The lowest BCUT2D eigenvalue weighted by molar-refractivity contribution is -0.185. The number of aryl methyl sites for hydroxylation is 2. The van der Waals surface area contributed by atoms with E-state index >= 15 is 0 Å². The van der Waals surface area contributed by atoms with Crippen LogP contribution in [0.4, 0.5) is 17.6 Å². The summed E-state index contributed by atoms with van der Waals surface area (Å²) >= 11 is 0. The first kappa shape index (κ1) is 20.7. The lowest BCUT2D eigenvalue weighted by atomic mass is 10.1. The molecular formula is C23H20F4O2. The minimum atomic E-state index is -3.51. The Bertz CT molecular complexity index is 967. The van der Waals surface area contributed by atoms with Gasteiger partial charge in [-0.3, -0.25) is 0 Å². The van der Waals surface area contributed by atoms with E-state index in [9.17, 15) is 17.6 Å². The number of ether oxygens (including phenoxy) is 2. The minimum Gasteiger partial charge on any atom is -0.486 e. The van der Waals surface area contributed by atoms with E-state index in [2.05, 4.69) is 0 Å². The van der Waals surface area contributed by atoms with Crippen LogP contribution in [0.2, 0.25) is 0 Å². The Balaban J connectivity index is 1.67. The summed E-state index contributed by atoms with van der Waals surface area (Å²) in [6, 6.07) is 14.4. The van der Waals surface area contributed by atoms with Gasteiger partial charge in [0, 0.05) is 0 Å². The highest BCUT2D eigenvalue weighted by atomic mass is 19.3. The van der Waals surface area contributed by atoms with Crippen molar-refractivity contribution in [1.29, 1.82) is 0 Å². The maximum absolute atomic E-state index is 14.3. The Kier molecular flexibility index (Phi) is 6.11. The predicted molar refractivity (Wildman–Crippen MR) is 102 cm³/mol. The van der Waals surface area contributed by atoms with Crippen LogP contribution in [0.1, 0.15) is 29.2 Å². The quantitative estimate of drug-likeness (QED) is 0.416. The molecule has 0 spiro atoms. The minimum absolute atomic E-state index is 0.0565. The third-order valence-electron chi connectivity index (χ3n) is 4.46. The van der Waals surface area contributed by atoms with Gasteiger partial charge in [-0.2, -0.15) is 13.2 Å². The maximum atomic E-state index is 14.3. The number of rotatable bonds is 7. The molecule has 0 amide bonds. The SMILES string of the molecule is CCc1ccc(OCc2ccc(C(F)(F)Oc3ccc(C)cc3)cc2)c(F)c1F. The molecule has 0 fully saturated rings. The highest BCUT2D eigenvalue weighted by Gasteiger charge is 2.34. The van der Waals surface area contributed by atoms with Crippen molar-refractivity contribution in [3.05, 3.63) is 94.6 Å². The highest BCUT2D eigenvalue weighted by Crippen LogP contribution is 2.32. The monoisotopic (exact) mass is 404 g/mol. The van der Waals surface area contributed by atoms with E-state index in [1.807, 2.05) is 6.92 Å². The van der Waals surface area contributed by atoms with Crippen LogP contribution in [0.25, 0.3) is 0 Å². The fraction of sp³-hybridized carbons (Fsp3) is 0.217. The molecule has 29 heavy (non-hydrogen) atoms. The van der Waals surface area contributed by atoms with Gasteiger partial charge in [0.15, 0.2) is 11.6 Å². The van der Waals surface area contributed by atoms with Gasteiger partial charge < -0.3 is 9.47 Å². The van der Waals surface area contributed by atoms with Crippen molar-refractivity contribution in [3.63, 3.8) is 0 Å². The van der Waals surface area contributed by atoms with E-state index in [0.29, 0.717) is 12.0 Å². The van der Waals surface area contributed by atoms with E-state index in [1.54, 1.807) is 19.1 Å². The molecule has 0 heterocycles. The fourth-order valence-corrected chi connectivity index (χ4v) is 2.73. The second-order valence-electron chi connectivity index (χ2n) is 6.62. The fourth-order valence-electron chi connectivity index (χ4n) is 2.73. The lowest BCUT2D eigenvalue weighted by Crippen LogP contribution is -2.21. The zero-order valence-corrected chi connectivity index (χ0v) is 16.0. The van der Waals surface area contributed by atoms with E-state index in [0.717, 1.165) is 5.56 Å². The molecule has 3 rings (SSSR count). The van der Waals surface area contributed by atoms with Gasteiger partial charge in [-0.05, 0) is 54.8 Å². The Morgan fingerprint density at radius 2 is 1.48 bits per heavy atom. The largest absolute Gasteiger partial charge is 0.486 e. The van der Waals surface area contributed by atoms with Crippen LogP contribution in [-0.2, 0) is 19.1 Å². The molecule has 0 unspecified atom stereocenters. The van der Waals surface area contributed by atoms with Crippen LogP contribution in [-0.4, -0.2) is 0 Å². The number of benzene rings is 3.